The highest BCUT2D eigenvalue weighted by atomic mass is 16.3. The summed E-state index contributed by atoms with van der Waals surface area (Å²) in [6, 6.07) is 9.09. The van der Waals surface area contributed by atoms with Crippen LogP contribution in [0, 0.1) is 23.2 Å². The summed E-state index contributed by atoms with van der Waals surface area (Å²) in [5.41, 5.74) is 6.64. The zero-order chi connectivity index (χ0) is 20.8. The number of hydrogen-bond acceptors (Lipinski definition) is 3. The Balaban J connectivity index is 1.50. The van der Waals surface area contributed by atoms with Crippen LogP contribution in [0.15, 0.2) is 47.1 Å². The van der Waals surface area contributed by atoms with E-state index in [-0.39, 0.29) is 5.41 Å². The third kappa shape index (κ3) is 2.39. The number of aliphatic hydroxyl groups is 1. The lowest BCUT2D eigenvalue weighted by molar-refractivity contribution is -0.114. The van der Waals surface area contributed by atoms with Gasteiger partial charge in [0.2, 0.25) is 0 Å². The van der Waals surface area contributed by atoms with Gasteiger partial charge in [0, 0.05) is 37.5 Å². The monoisotopic (exact) mass is 403 g/mol. The maximum absolute atomic E-state index is 12.1. The van der Waals surface area contributed by atoms with Crippen molar-refractivity contribution >= 4 is 11.5 Å². The van der Waals surface area contributed by atoms with E-state index in [1.165, 1.54) is 28.8 Å². The van der Waals surface area contributed by atoms with Crippen molar-refractivity contribution in [1.29, 1.82) is 0 Å². The lowest BCUT2D eigenvalue weighted by Gasteiger charge is -2.53. The highest BCUT2D eigenvalue weighted by Crippen LogP contribution is 2.75. The Hall–Kier alpha value is -1.87. The first kappa shape index (κ1) is 18.9. The minimum Gasteiger partial charge on any atom is -0.389 e. The number of benzene rings is 1. The van der Waals surface area contributed by atoms with Gasteiger partial charge in [-0.05, 0) is 91.2 Å². The highest BCUT2D eigenvalue weighted by molar-refractivity contribution is 5.93. The molecule has 1 aromatic rings. The molecule has 0 radical (unpaired) electrons. The van der Waals surface area contributed by atoms with Crippen LogP contribution >= 0.6 is 0 Å². The summed E-state index contributed by atoms with van der Waals surface area (Å²) in [5, 5.41) is 11.5. The maximum Gasteiger partial charge on any atom is 0.156 e. The SMILES string of the molecule is CN(C)c1ccc([C@H]2C[C@@]3(C)[C@@H](C[C@H]4CC43O)[C@@H]3CCC4=CC(=O)CCC4=C32)cc1. The molecule has 5 aliphatic carbocycles. The quantitative estimate of drug-likeness (QED) is 0.754. The van der Waals surface area contributed by atoms with E-state index in [2.05, 4.69) is 50.2 Å². The third-order valence-corrected chi connectivity index (χ3v) is 9.54. The molecule has 6 rings (SSSR count). The van der Waals surface area contributed by atoms with Gasteiger partial charge in [0.1, 0.15) is 0 Å². The number of carbonyl (C=O) groups is 1. The second-order valence-corrected chi connectivity index (χ2v) is 11.0. The summed E-state index contributed by atoms with van der Waals surface area (Å²) in [5.74, 6) is 2.35. The summed E-state index contributed by atoms with van der Waals surface area (Å²) in [6.45, 7) is 2.39. The summed E-state index contributed by atoms with van der Waals surface area (Å²) in [7, 11) is 4.17. The molecule has 3 nitrogen and oxygen atoms in total. The standard InChI is InChI=1S/C27H33NO2/c1-26-15-23(16-4-7-19(8-5-16)28(2)3)25-21-11-9-20(29)12-17(21)6-10-22(25)24(26)13-18-14-27(18,26)30/h4-5,7-8,12,18,22-24,30H,6,9-11,13-15H2,1-3H3/t18-,22-,23+,24-,26-,27?/m0/s1. The molecule has 0 bridgehead atoms. The topological polar surface area (TPSA) is 40.5 Å². The predicted octanol–water partition coefficient (Wildman–Crippen LogP) is 5.01. The van der Waals surface area contributed by atoms with E-state index in [1.807, 2.05) is 6.08 Å². The molecule has 0 aromatic heterocycles. The number of rotatable bonds is 2. The van der Waals surface area contributed by atoms with Crippen molar-refractivity contribution in [3.8, 4) is 0 Å². The Morgan fingerprint density at radius 3 is 2.57 bits per heavy atom. The number of hydrogen-bond donors (Lipinski definition) is 1. The molecule has 1 N–H and O–H groups in total. The normalized spacial score (nSPS) is 41.5. The lowest BCUT2D eigenvalue weighted by Crippen LogP contribution is -2.47. The van der Waals surface area contributed by atoms with Gasteiger partial charge >= 0.3 is 0 Å². The molecular formula is C27H33NO2. The molecule has 5 aliphatic rings. The van der Waals surface area contributed by atoms with Crippen molar-refractivity contribution in [3.05, 3.63) is 52.6 Å². The van der Waals surface area contributed by atoms with E-state index >= 15 is 0 Å². The van der Waals surface area contributed by atoms with Crippen molar-refractivity contribution < 1.29 is 9.90 Å². The largest absolute Gasteiger partial charge is 0.389 e. The molecule has 1 aromatic carbocycles. The Labute approximate surface area is 179 Å². The predicted molar refractivity (Wildman–Crippen MR) is 119 cm³/mol. The number of fused-ring (bicyclic) bond motifs is 6. The fraction of sp³-hybridized carbons (Fsp3) is 0.593. The van der Waals surface area contributed by atoms with E-state index in [0.717, 1.165) is 32.1 Å². The third-order valence-electron chi connectivity index (χ3n) is 9.54. The van der Waals surface area contributed by atoms with Gasteiger partial charge in [0.25, 0.3) is 0 Å². The van der Waals surface area contributed by atoms with Crippen molar-refractivity contribution in [2.24, 2.45) is 23.2 Å². The van der Waals surface area contributed by atoms with Gasteiger partial charge in [-0.2, -0.15) is 0 Å². The first-order chi connectivity index (χ1) is 14.3. The summed E-state index contributed by atoms with van der Waals surface area (Å²) in [6.07, 6.45) is 8.95. The van der Waals surface area contributed by atoms with Crippen molar-refractivity contribution in [3.63, 3.8) is 0 Å². The van der Waals surface area contributed by atoms with Crippen LogP contribution in [0.25, 0.3) is 0 Å². The molecule has 158 valence electrons. The summed E-state index contributed by atoms with van der Waals surface area (Å²) >= 11 is 0. The Kier molecular flexibility index (Phi) is 3.83. The second kappa shape index (κ2) is 6.09. The van der Waals surface area contributed by atoms with Crippen LogP contribution in [-0.4, -0.2) is 30.6 Å². The van der Waals surface area contributed by atoms with Crippen LogP contribution in [-0.2, 0) is 4.79 Å². The molecule has 0 amide bonds. The molecule has 0 aliphatic heterocycles. The van der Waals surface area contributed by atoms with E-state index in [1.54, 1.807) is 5.57 Å². The average molecular weight is 404 g/mol. The van der Waals surface area contributed by atoms with E-state index < -0.39 is 5.60 Å². The minimum absolute atomic E-state index is 0.0168. The fourth-order valence-electron chi connectivity index (χ4n) is 7.85. The molecule has 6 atom stereocenters. The number of anilines is 1. The smallest absolute Gasteiger partial charge is 0.156 e. The highest BCUT2D eigenvalue weighted by Gasteiger charge is 2.74. The average Bonchev–Trinajstić information content (AvgIpc) is 3.34. The van der Waals surface area contributed by atoms with Crippen LogP contribution < -0.4 is 4.90 Å². The van der Waals surface area contributed by atoms with Crippen LogP contribution in [0.1, 0.15) is 63.4 Å². The Morgan fingerprint density at radius 2 is 1.83 bits per heavy atom. The molecule has 30 heavy (non-hydrogen) atoms. The van der Waals surface area contributed by atoms with Gasteiger partial charge in [-0.1, -0.05) is 24.6 Å². The zero-order valence-corrected chi connectivity index (χ0v) is 18.4. The van der Waals surface area contributed by atoms with Gasteiger partial charge < -0.3 is 10.0 Å². The van der Waals surface area contributed by atoms with Crippen molar-refractivity contribution in [1.82, 2.24) is 0 Å². The number of allylic oxidation sites excluding steroid dienone is 4. The van der Waals surface area contributed by atoms with Gasteiger partial charge in [0.15, 0.2) is 5.78 Å². The van der Waals surface area contributed by atoms with Gasteiger partial charge in [-0.15, -0.1) is 0 Å². The van der Waals surface area contributed by atoms with E-state index in [9.17, 15) is 9.90 Å². The van der Waals surface area contributed by atoms with Gasteiger partial charge in [-0.3, -0.25) is 4.79 Å². The lowest BCUT2D eigenvalue weighted by atomic mass is 9.51. The molecular weight excluding hydrogens is 370 g/mol. The van der Waals surface area contributed by atoms with Crippen LogP contribution in [0.5, 0.6) is 0 Å². The van der Waals surface area contributed by atoms with Gasteiger partial charge in [-0.25, -0.2) is 0 Å². The Morgan fingerprint density at radius 1 is 1.07 bits per heavy atom. The molecule has 3 fully saturated rings. The summed E-state index contributed by atoms with van der Waals surface area (Å²) < 4.78 is 0. The first-order valence-corrected chi connectivity index (χ1v) is 11.8. The molecule has 0 saturated heterocycles. The Bertz CT molecular complexity index is 987. The second-order valence-electron chi connectivity index (χ2n) is 11.0. The molecule has 3 heteroatoms. The van der Waals surface area contributed by atoms with Crippen molar-refractivity contribution in [2.45, 2.75) is 63.4 Å². The molecule has 0 spiro atoms. The van der Waals surface area contributed by atoms with E-state index in [4.69, 9.17) is 0 Å². The number of ketones is 1. The number of carbonyl (C=O) groups excluding carboxylic acids is 1. The van der Waals surface area contributed by atoms with Crippen LogP contribution in [0.3, 0.4) is 0 Å². The van der Waals surface area contributed by atoms with Crippen LogP contribution in [0.4, 0.5) is 5.69 Å². The van der Waals surface area contributed by atoms with Crippen LogP contribution in [0.2, 0.25) is 0 Å². The minimum atomic E-state index is -0.436. The molecule has 0 heterocycles. The zero-order valence-electron chi connectivity index (χ0n) is 18.4. The molecule has 1 unspecified atom stereocenters. The fourth-order valence-corrected chi connectivity index (χ4v) is 7.85. The van der Waals surface area contributed by atoms with Gasteiger partial charge in [0.05, 0.1) is 5.60 Å². The molecule has 3 saturated carbocycles. The van der Waals surface area contributed by atoms with Crippen molar-refractivity contribution in [2.75, 3.05) is 19.0 Å². The maximum atomic E-state index is 12.1. The summed E-state index contributed by atoms with van der Waals surface area (Å²) in [4.78, 5) is 14.3. The number of nitrogens with zero attached hydrogens (tertiary/aromatic N) is 1. The first-order valence-electron chi connectivity index (χ1n) is 11.8. The van der Waals surface area contributed by atoms with E-state index in [0.29, 0.717) is 35.9 Å².